The Labute approximate surface area is 86.8 Å². The molecular weight excluding hydrogens is 172 g/mol. The molecule has 0 amide bonds. The average molecular weight is 194 g/mol. The molecule has 0 aromatic heterocycles. The molecule has 1 aliphatic heterocycles. The fourth-order valence-corrected chi connectivity index (χ4v) is 4.34. The third-order valence-corrected chi connectivity index (χ3v) is 5.03. The molecule has 3 unspecified atom stereocenters. The maximum atomic E-state index is 6.09. The van der Waals surface area contributed by atoms with Crippen molar-refractivity contribution in [3.05, 3.63) is 0 Å². The van der Waals surface area contributed by atoms with Crippen molar-refractivity contribution in [2.75, 3.05) is 19.6 Å². The Morgan fingerprint density at radius 1 is 1.21 bits per heavy atom. The topological polar surface area (TPSA) is 29.3 Å². The molecule has 3 rings (SSSR count). The minimum Gasteiger partial charge on any atom is -0.329 e. The van der Waals surface area contributed by atoms with Crippen LogP contribution in [0.4, 0.5) is 0 Å². The van der Waals surface area contributed by atoms with Crippen LogP contribution in [-0.4, -0.2) is 30.1 Å². The van der Waals surface area contributed by atoms with E-state index < -0.39 is 0 Å². The largest absolute Gasteiger partial charge is 0.329 e. The maximum Gasteiger partial charge on any atom is 0.0362 e. The van der Waals surface area contributed by atoms with Crippen LogP contribution in [0, 0.1) is 11.8 Å². The molecular formula is C12H22N2. The van der Waals surface area contributed by atoms with Gasteiger partial charge in [0.2, 0.25) is 0 Å². The van der Waals surface area contributed by atoms with Gasteiger partial charge in [0.05, 0.1) is 0 Å². The molecule has 3 atom stereocenters. The van der Waals surface area contributed by atoms with Gasteiger partial charge in [0.25, 0.3) is 0 Å². The fourth-order valence-electron chi connectivity index (χ4n) is 4.34. The average Bonchev–Trinajstić information content (AvgIpc) is 2.93. The van der Waals surface area contributed by atoms with Crippen molar-refractivity contribution < 1.29 is 0 Å². The molecule has 1 heterocycles. The summed E-state index contributed by atoms with van der Waals surface area (Å²) in [4.78, 5) is 2.73. The molecule has 3 fully saturated rings. The lowest BCUT2D eigenvalue weighted by Crippen LogP contribution is -2.56. The second-order valence-electron chi connectivity index (χ2n) is 5.58. The van der Waals surface area contributed by atoms with Gasteiger partial charge in [-0.3, -0.25) is 4.90 Å². The zero-order valence-corrected chi connectivity index (χ0v) is 9.04. The van der Waals surface area contributed by atoms with E-state index in [2.05, 4.69) is 4.90 Å². The Hall–Kier alpha value is -0.0800. The number of hydrogen-bond donors (Lipinski definition) is 1. The Morgan fingerprint density at radius 3 is 2.50 bits per heavy atom. The van der Waals surface area contributed by atoms with E-state index in [1.54, 1.807) is 0 Å². The summed E-state index contributed by atoms with van der Waals surface area (Å²) >= 11 is 0. The van der Waals surface area contributed by atoms with Crippen LogP contribution in [0.2, 0.25) is 0 Å². The van der Waals surface area contributed by atoms with Gasteiger partial charge < -0.3 is 5.73 Å². The minimum absolute atomic E-state index is 0.444. The number of fused-ring (bicyclic) bond motifs is 2. The van der Waals surface area contributed by atoms with Crippen LogP contribution in [0.1, 0.15) is 38.5 Å². The third kappa shape index (κ3) is 1.10. The van der Waals surface area contributed by atoms with Gasteiger partial charge in [0, 0.05) is 12.1 Å². The third-order valence-electron chi connectivity index (χ3n) is 5.03. The minimum atomic E-state index is 0.444. The number of nitrogens with two attached hydrogens (primary N) is 1. The van der Waals surface area contributed by atoms with E-state index in [-0.39, 0.29) is 0 Å². The van der Waals surface area contributed by atoms with E-state index in [1.807, 2.05) is 0 Å². The SMILES string of the molecule is NCC1(N2CCCC2)CC2CCC1C2. The highest BCUT2D eigenvalue weighted by atomic mass is 15.2. The van der Waals surface area contributed by atoms with Crippen LogP contribution in [0.5, 0.6) is 0 Å². The smallest absolute Gasteiger partial charge is 0.0362 e. The number of hydrogen-bond acceptors (Lipinski definition) is 2. The molecule has 2 saturated carbocycles. The molecule has 1 saturated heterocycles. The molecule has 3 aliphatic rings. The van der Waals surface area contributed by atoms with Crippen molar-refractivity contribution in [2.24, 2.45) is 17.6 Å². The van der Waals surface area contributed by atoms with Gasteiger partial charge in [-0.25, -0.2) is 0 Å². The fraction of sp³-hybridized carbons (Fsp3) is 1.00. The van der Waals surface area contributed by atoms with Crippen molar-refractivity contribution in [1.29, 1.82) is 0 Å². The Bertz CT molecular complexity index is 222. The van der Waals surface area contributed by atoms with Crippen molar-refractivity contribution in [1.82, 2.24) is 4.90 Å². The lowest BCUT2D eigenvalue weighted by atomic mass is 9.79. The zero-order valence-electron chi connectivity index (χ0n) is 9.04. The standard InChI is InChI=1S/C12H22N2/c13-9-12(14-5-1-2-6-14)8-10-3-4-11(12)7-10/h10-11H,1-9,13H2. The molecule has 0 aromatic rings. The van der Waals surface area contributed by atoms with Gasteiger partial charge in [0.1, 0.15) is 0 Å². The maximum absolute atomic E-state index is 6.09. The normalized spacial score (nSPS) is 47.8. The highest BCUT2D eigenvalue weighted by molar-refractivity contribution is 5.08. The Balaban J connectivity index is 1.84. The summed E-state index contributed by atoms with van der Waals surface area (Å²) in [7, 11) is 0. The number of nitrogens with zero attached hydrogens (tertiary/aromatic N) is 1. The van der Waals surface area contributed by atoms with Crippen molar-refractivity contribution in [3.8, 4) is 0 Å². The quantitative estimate of drug-likeness (QED) is 0.723. The molecule has 2 heteroatoms. The van der Waals surface area contributed by atoms with Gasteiger partial charge in [0.15, 0.2) is 0 Å². The lowest BCUT2D eigenvalue weighted by molar-refractivity contribution is 0.0639. The first kappa shape index (κ1) is 9.17. The van der Waals surface area contributed by atoms with Crippen LogP contribution >= 0.6 is 0 Å². The van der Waals surface area contributed by atoms with Crippen molar-refractivity contribution in [2.45, 2.75) is 44.1 Å². The molecule has 0 spiro atoms. The zero-order chi connectivity index (χ0) is 9.60. The number of rotatable bonds is 2. The van der Waals surface area contributed by atoms with E-state index in [9.17, 15) is 0 Å². The first-order valence-corrected chi connectivity index (χ1v) is 6.30. The summed E-state index contributed by atoms with van der Waals surface area (Å²) in [6, 6.07) is 0. The van der Waals surface area contributed by atoms with Gasteiger partial charge in [-0.15, -0.1) is 0 Å². The summed E-state index contributed by atoms with van der Waals surface area (Å²) in [6.07, 6.45) is 8.64. The van der Waals surface area contributed by atoms with Gasteiger partial charge in [-0.1, -0.05) is 6.42 Å². The summed E-state index contributed by atoms with van der Waals surface area (Å²) < 4.78 is 0. The second-order valence-corrected chi connectivity index (χ2v) is 5.58. The van der Waals surface area contributed by atoms with E-state index in [1.165, 1.54) is 51.6 Å². The van der Waals surface area contributed by atoms with Crippen LogP contribution in [-0.2, 0) is 0 Å². The van der Waals surface area contributed by atoms with Crippen LogP contribution in [0.25, 0.3) is 0 Å². The monoisotopic (exact) mass is 194 g/mol. The molecule has 2 bridgehead atoms. The van der Waals surface area contributed by atoms with Crippen molar-refractivity contribution >= 4 is 0 Å². The summed E-state index contributed by atoms with van der Waals surface area (Å²) in [6.45, 7) is 3.55. The predicted octanol–water partition coefficient (Wildman–Crippen LogP) is 1.60. The van der Waals surface area contributed by atoms with E-state index in [0.717, 1.165) is 18.4 Å². The van der Waals surface area contributed by atoms with Crippen molar-refractivity contribution in [3.63, 3.8) is 0 Å². The van der Waals surface area contributed by atoms with Gasteiger partial charge >= 0.3 is 0 Å². The highest BCUT2D eigenvalue weighted by Gasteiger charge is 2.53. The van der Waals surface area contributed by atoms with Crippen LogP contribution < -0.4 is 5.73 Å². The first-order valence-electron chi connectivity index (χ1n) is 6.30. The summed E-state index contributed by atoms with van der Waals surface area (Å²) in [5.41, 5.74) is 6.54. The van der Waals surface area contributed by atoms with Gasteiger partial charge in [-0.2, -0.15) is 0 Å². The predicted molar refractivity (Wildman–Crippen MR) is 58.0 cm³/mol. The van der Waals surface area contributed by atoms with E-state index in [0.29, 0.717) is 5.54 Å². The number of likely N-dealkylation sites (tertiary alicyclic amines) is 1. The molecule has 2 nitrogen and oxygen atoms in total. The summed E-state index contributed by atoms with van der Waals surface area (Å²) in [5, 5.41) is 0. The molecule has 2 aliphatic carbocycles. The Kier molecular flexibility index (Phi) is 2.10. The molecule has 80 valence electrons. The highest BCUT2D eigenvalue weighted by Crippen LogP contribution is 2.53. The Morgan fingerprint density at radius 2 is 2.00 bits per heavy atom. The lowest BCUT2D eigenvalue weighted by Gasteiger charge is -2.44. The summed E-state index contributed by atoms with van der Waals surface area (Å²) in [5.74, 6) is 1.96. The molecule has 2 N–H and O–H groups in total. The van der Waals surface area contributed by atoms with Crippen LogP contribution in [0.15, 0.2) is 0 Å². The second kappa shape index (κ2) is 3.21. The molecule has 0 aromatic carbocycles. The molecule has 0 radical (unpaired) electrons. The van der Waals surface area contributed by atoms with E-state index >= 15 is 0 Å². The van der Waals surface area contributed by atoms with Gasteiger partial charge in [-0.05, 0) is 57.0 Å². The first-order chi connectivity index (χ1) is 6.85. The molecule has 14 heavy (non-hydrogen) atoms. The van der Waals surface area contributed by atoms with Crippen LogP contribution in [0.3, 0.4) is 0 Å². The van der Waals surface area contributed by atoms with E-state index in [4.69, 9.17) is 5.73 Å².